The van der Waals surface area contributed by atoms with Gasteiger partial charge < -0.3 is 0 Å². The number of benzene rings is 2. The second-order valence-corrected chi connectivity index (χ2v) is 12.3. The third-order valence-electron chi connectivity index (χ3n) is 4.07. The molecule has 23 heavy (non-hydrogen) atoms. The van der Waals surface area contributed by atoms with Crippen LogP contribution in [0.5, 0.6) is 0 Å². The minimum absolute atomic E-state index is 0.216. The fourth-order valence-corrected chi connectivity index (χ4v) is 7.55. The van der Waals surface area contributed by atoms with E-state index >= 15 is 0 Å². The summed E-state index contributed by atoms with van der Waals surface area (Å²) < 4.78 is 5.36. The fourth-order valence-electron chi connectivity index (χ4n) is 2.77. The Labute approximate surface area is 144 Å². The predicted octanol–water partition coefficient (Wildman–Crippen LogP) is 1.60. The average Bonchev–Trinajstić information content (AvgIpc) is 2.64. The Morgan fingerprint density at radius 3 is 1.91 bits per heavy atom. The van der Waals surface area contributed by atoms with Crippen molar-refractivity contribution in [1.29, 1.82) is 0 Å². The van der Waals surface area contributed by atoms with Crippen LogP contribution in [0.15, 0.2) is 60.7 Å². The molecular weight excluding hydrogens is 372 g/mol. The van der Waals surface area contributed by atoms with Crippen LogP contribution in [-0.2, 0) is 9.53 Å². The van der Waals surface area contributed by atoms with Crippen molar-refractivity contribution in [2.75, 3.05) is 32.5 Å². The molecule has 0 N–H and O–H groups in total. The number of carbonyl (C=O) groups excluding carboxylic acids is 1. The molecule has 0 radical (unpaired) electrons. The Hall–Kier alpha value is -1.18. The SMILES string of the molecule is O=C(CP(=[Se])(c1ccccc1)c1ccccc1)N1CCOCC1. The summed E-state index contributed by atoms with van der Waals surface area (Å²) in [5, 5.41) is 2.46. The topological polar surface area (TPSA) is 29.5 Å². The zero-order valence-corrected chi connectivity index (χ0v) is 15.5. The monoisotopic (exact) mass is 393 g/mol. The van der Waals surface area contributed by atoms with Gasteiger partial charge in [-0.2, -0.15) is 0 Å². The molecule has 0 unspecified atom stereocenters. The van der Waals surface area contributed by atoms with Crippen LogP contribution in [0.1, 0.15) is 0 Å². The fraction of sp³-hybridized carbons (Fsp3) is 0.278. The summed E-state index contributed by atoms with van der Waals surface area (Å²) in [5.74, 6) is 0.216. The van der Waals surface area contributed by atoms with E-state index in [0.29, 0.717) is 32.5 Å². The van der Waals surface area contributed by atoms with Crippen LogP contribution in [0.4, 0.5) is 0 Å². The number of amides is 1. The maximum absolute atomic E-state index is 12.8. The van der Waals surface area contributed by atoms with Crippen LogP contribution in [0.25, 0.3) is 0 Å². The van der Waals surface area contributed by atoms with E-state index in [9.17, 15) is 4.79 Å². The van der Waals surface area contributed by atoms with Gasteiger partial charge in [0.15, 0.2) is 0 Å². The van der Waals surface area contributed by atoms with Crippen molar-refractivity contribution in [3.63, 3.8) is 0 Å². The van der Waals surface area contributed by atoms with E-state index in [1.165, 1.54) is 10.6 Å². The molecule has 0 bridgehead atoms. The van der Waals surface area contributed by atoms with Gasteiger partial charge in [0.1, 0.15) is 0 Å². The van der Waals surface area contributed by atoms with Gasteiger partial charge in [-0.15, -0.1) is 0 Å². The number of hydrogen-bond donors (Lipinski definition) is 0. The summed E-state index contributed by atoms with van der Waals surface area (Å²) in [6.07, 6.45) is 0.529. The standard InChI is InChI=1S/C18H20NO2PSe/c20-18(19-11-13-21-14-12-19)15-22(23,16-7-3-1-4-8-16)17-9-5-2-6-10-17/h1-10H,11-15H2. The molecule has 1 heterocycles. The van der Waals surface area contributed by atoms with Crippen molar-refractivity contribution in [3.8, 4) is 0 Å². The first-order valence-electron chi connectivity index (χ1n) is 7.76. The Morgan fingerprint density at radius 2 is 1.43 bits per heavy atom. The van der Waals surface area contributed by atoms with Crippen molar-refractivity contribution in [3.05, 3.63) is 60.7 Å². The first kappa shape index (κ1) is 16.7. The van der Waals surface area contributed by atoms with Gasteiger partial charge >= 0.3 is 145 Å². The number of nitrogens with zero attached hydrogens (tertiary/aromatic N) is 1. The molecule has 0 aliphatic carbocycles. The number of rotatable bonds is 4. The van der Waals surface area contributed by atoms with E-state index < -0.39 is 5.51 Å². The van der Waals surface area contributed by atoms with Crippen molar-refractivity contribution in [1.82, 2.24) is 4.90 Å². The van der Waals surface area contributed by atoms with Crippen molar-refractivity contribution >= 4 is 37.1 Å². The van der Waals surface area contributed by atoms with E-state index in [1.807, 2.05) is 41.3 Å². The predicted molar refractivity (Wildman–Crippen MR) is 97.1 cm³/mol. The van der Waals surface area contributed by atoms with Gasteiger partial charge in [-0.25, -0.2) is 0 Å². The average molecular weight is 392 g/mol. The van der Waals surface area contributed by atoms with Crippen LogP contribution < -0.4 is 10.6 Å². The number of carbonyl (C=O) groups is 1. The van der Waals surface area contributed by atoms with Crippen LogP contribution in [-0.4, -0.2) is 58.4 Å². The summed E-state index contributed by atoms with van der Waals surface area (Å²) in [6.45, 7) is 2.67. The molecule has 1 saturated heterocycles. The van der Waals surface area contributed by atoms with Gasteiger partial charge in [-0.3, -0.25) is 0 Å². The molecule has 1 aliphatic heterocycles. The van der Waals surface area contributed by atoms with Crippen LogP contribution in [0.3, 0.4) is 0 Å². The molecule has 5 heteroatoms. The second kappa shape index (κ2) is 7.59. The Balaban J connectivity index is 1.93. The first-order chi connectivity index (χ1) is 11.2. The molecule has 1 amide bonds. The Morgan fingerprint density at radius 1 is 0.957 bits per heavy atom. The van der Waals surface area contributed by atoms with E-state index in [0.717, 1.165) is 0 Å². The third kappa shape index (κ3) is 3.84. The Bertz CT molecular complexity index is 656. The van der Waals surface area contributed by atoms with Crippen molar-refractivity contribution in [2.24, 2.45) is 0 Å². The van der Waals surface area contributed by atoms with Gasteiger partial charge in [-0.1, -0.05) is 0 Å². The van der Waals surface area contributed by atoms with Gasteiger partial charge in [0.2, 0.25) is 0 Å². The first-order valence-corrected chi connectivity index (χ1v) is 11.9. The molecule has 2 aromatic rings. The van der Waals surface area contributed by atoms with Crippen LogP contribution >= 0.6 is 5.51 Å². The third-order valence-corrected chi connectivity index (χ3v) is 10.5. The van der Waals surface area contributed by atoms with Crippen molar-refractivity contribution < 1.29 is 9.53 Å². The second-order valence-electron chi connectivity index (χ2n) is 5.56. The van der Waals surface area contributed by atoms with E-state index in [-0.39, 0.29) is 5.91 Å². The van der Waals surface area contributed by atoms with Gasteiger partial charge in [0, 0.05) is 0 Å². The molecule has 2 aromatic carbocycles. The summed E-state index contributed by atoms with van der Waals surface area (Å²) in [5.41, 5.74) is -1.85. The molecule has 1 aliphatic rings. The zero-order chi connectivity index (χ0) is 16.1. The summed E-state index contributed by atoms with van der Waals surface area (Å²) >= 11 is 3.43. The van der Waals surface area contributed by atoms with Gasteiger partial charge in [0.25, 0.3) is 0 Å². The molecule has 0 saturated carbocycles. The maximum atomic E-state index is 12.8. The molecular formula is C18H20NO2PSe. The molecule has 0 spiro atoms. The molecule has 0 aromatic heterocycles. The number of hydrogen-bond acceptors (Lipinski definition) is 2. The van der Waals surface area contributed by atoms with Crippen molar-refractivity contribution in [2.45, 2.75) is 0 Å². The summed E-state index contributed by atoms with van der Waals surface area (Å²) in [4.78, 5) is 14.8. The quantitative estimate of drug-likeness (QED) is 0.585. The number of morpholine rings is 1. The Kier molecular flexibility index (Phi) is 5.50. The molecule has 0 atom stereocenters. The minimum atomic E-state index is -1.85. The van der Waals surface area contributed by atoms with E-state index in [1.54, 1.807) is 0 Å². The molecule has 1 fully saturated rings. The van der Waals surface area contributed by atoms with Gasteiger partial charge in [0.05, 0.1) is 0 Å². The summed E-state index contributed by atoms with van der Waals surface area (Å²) in [7, 11) is 0. The molecule has 120 valence electrons. The number of ether oxygens (including phenoxy) is 1. The summed E-state index contributed by atoms with van der Waals surface area (Å²) in [6, 6.07) is 20.7. The van der Waals surface area contributed by atoms with Crippen LogP contribution in [0.2, 0.25) is 0 Å². The normalized spacial score (nSPS) is 15.4. The molecule has 3 rings (SSSR count). The zero-order valence-electron chi connectivity index (χ0n) is 12.9. The van der Waals surface area contributed by atoms with Gasteiger partial charge in [-0.05, 0) is 0 Å². The van der Waals surface area contributed by atoms with E-state index in [4.69, 9.17) is 4.74 Å². The molecule has 3 nitrogen and oxygen atoms in total. The van der Waals surface area contributed by atoms with Crippen LogP contribution in [0, 0.1) is 0 Å². The van der Waals surface area contributed by atoms with E-state index in [2.05, 4.69) is 39.4 Å².